The molecule has 1 heterocycles. The third kappa shape index (κ3) is 1.02. The second-order valence-corrected chi connectivity index (χ2v) is 2.93. The van der Waals surface area contributed by atoms with Gasteiger partial charge in [-0.05, 0) is 12.1 Å². The molecule has 1 unspecified atom stereocenters. The van der Waals surface area contributed by atoms with Crippen LogP contribution in [0, 0.1) is 0 Å². The molecule has 1 aliphatic rings. The van der Waals surface area contributed by atoms with Crippen molar-refractivity contribution >= 4 is 0 Å². The Labute approximate surface area is 70.8 Å². The van der Waals surface area contributed by atoms with Crippen molar-refractivity contribution in [3.8, 4) is 11.5 Å². The number of phenols is 1. The van der Waals surface area contributed by atoms with E-state index in [4.69, 9.17) is 10.5 Å². The third-order valence-corrected chi connectivity index (χ3v) is 2.10. The fraction of sp³-hybridized carbons (Fsp3) is 0.333. The number of benzene rings is 1. The zero-order valence-corrected chi connectivity index (χ0v) is 6.66. The van der Waals surface area contributed by atoms with E-state index in [1.54, 1.807) is 12.1 Å². The number of hydrogen-bond donors (Lipinski definition) is 2. The first kappa shape index (κ1) is 7.43. The summed E-state index contributed by atoms with van der Waals surface area (Å²) in [5.74, 6) is 0.952. The molecule has 0 aliphatic carbocycles. The molecule has 1 aromatic carbocycles. The maximum atomic E-state index is 9.47. The van der Waals surface area contributed by atoms with E-state index < -0.39 is 0 Å². The molecule has 0 spiro atoms. The summed E-state index contributed by atoms with van der Waals surface area (Å²) in [7, 11) is 0. The van der Waals surface area contributed by atoms with Gasteiger partial charge in [0.25, 0.3) is 0 Å². The maximum Gasteiger partial charge on any atom is 0.127 e. The van der Waals surface area contributed by atoms with Gasteiger partial charge in [0, 0.05) is 12.5 Å². The first-order chi connectivity index (χ1) is 5.79. The summed E-state index contributed by atoms with van der Waals surface area (Å²) in [5, 5.41) is 9.47. The summed E-state index contributed by atoms with van der Waals surface area (Å²) in [6, 6.07) is 5.13. The van der Waals surface area contributed by atoms with Crippen LogP contribution in [0.25, 0.3) is 0 Å². The Balaban J connectivity index is 2.53. The van der Waals surface area contributed by atoms with E-state index in [-0.39, 0.29) is 11.8 Å². The second-order valence-electron chi connectivity index (χ2n) is 2.93. The highest BCUT2D eigenvalue weighted by Crippen LogP contribution is 2.36. The zero-order valence-electron chi connectivity index (χ0n) is 6.66. The Kier molecular flexibility index (Phi) is 1.66. The van der Waals surface area contributed by atoms with E-state index in [1.165, 1.54) is 0 Å². The van der Waals surface area contributed by atoms with Crippen molar-refractivity contribution in [1.82, 2.24) is 0 Å². The van der Waals surface area contributed by atoms with E-state index in [0.717, 1.165) is 12.0 Å². The number of hydrogen-bond acceptors (Lipinski definition) is 3. The van der Waals surface area contributed by atoms with Gasteiger partial charge >= 0.3 is 0 Å². The summed E-state index contributed by atoms with van der Waals surface area (Å²) in [6.45, 7) is 0.637. The summed E-state index contributed by atoms with van der Waals surface area (Å²) in [5.41, 5.74) is 6.55. The molecule has 0 aromatic heterocycles. The molecule has 3 heteroatoms. The molecule has 0 fully saturated rings. The highest BCUT2D eigenvalue weighted by atomic mass is 16.5. The normalized spacial score (nSPS) is 21.2. The highest BCUT2D eigenvalue weighted by Gasteiger charge is 2.20. The number of rotatable bonds is 0. The predicted octanol–water partition coefficient (Wildman–Crippen LogP) is 1.17. The number of fused-ring (bicyclic) bond motifs is 1. The Morgan fingerprint density at radius 2 is 2.33 bits per heavy atom. The summed E-state index contributed by atoms with van der Waals surface area (Å²) < 4.78 is 5.33. The first-order valence-electron chi connectivity index (χ1n) is 3.99. The van der Waals surface area contributed by atoms with E-state index in [0.29, 0.717) is 12.4 Å². The van der Waals surface area contributed by atoms with E-state index in [9.17, 15) is 5.11 Å². The smallest absolute Gasteiger partial charge is 0.127 e. The van der Waals surface area contributed by atoms with Gasteiger partial charge in [-0.15, -0.1) is 0 Å². The van der Waals surface area contributed by atoms with Crippen molar-refractivity contribution in [1.29, 1.82) is 0 Å². The lowest BCUT2D eigenvalue weighted by Crippen LogP contribution is -2.20. The van der Waals surface area contributed by atoms with Gasteiger partial charge in [0.1, 0.15) is 11.5 Å². The Morgan fingerprint density at radius 3 is 3.08 bits per heavy atom. The minimum absolute atomic E-state index is 0.0880. The summed E-state index contributed by atoms with van der Waals surface area (Å²) >= 11 is 0. The molecule has 2 rings (SSSR count). The third-order valence-electron chi connectivity index (χ3n) is 2.10. The first-order valence-corrected chi connectivity index (χ1v) is 3.99. The van der Waals surface area contributed by atoms with Gasteiger partial charge < -0.3 is 15.6 Å². The van der Waals surface area contributed by atoms with Crippen LogP contribution in [0.1, 0.15) is 18.0 Å². The van der Waals surface area contributed by atoms with Crippen molar-refractivity contribution in [3.63, 3.8) is 0 Å². The molecule has 1 atom stereocenters. The molecule has 3 nitrogen and oxygen atoms in total. The van der Waals surface area contributed by atoms with Crippen molar-refractivity contribution < 1.29 is 9.84 Å². The van der Waals surface area contributed by atoms with Gasteiger partial charge in [0.05, 0.1) is 12.2 Å². The van der Waals surface area contributed by atoms with Crippen LogP contribution >= 0.6 is 0 Å². The lowest BCUT2D eigenvalue weighted by molar-refractivity contribution is 0.264. The van der Waals surface area contributed by atoms with Crippen LogP contribution in [0.3, 0.4) is 0 Å². The second kappa shape index (κ2) is 2.68. The van der Waals surface area contributed by atoms with Gasteiger partial charge in [0.15, 0.2) is 0 Å². The lowest BCUT2D eigenvalue weighted by atomic mass is 10.0. The average molecular weight is 165 g/mol. The quantitative estimate of drug-likeness (QED) is 0.606. The SMILES string of the molecule is NC1CCOc2cccc(O)c21. The van der Waals surface area contributed by atoms with Crippen LogP contribution in [0.15, 0.2) is 18.2 Å². The highest BCUT2D eigenvalue weighted by molar-refractivity contribution is 5.46. The fourth-order valence-electron chi connectivity index (χ4n) is 1.47. The van der Waals surface area contributed by atoms with Crippen molar-refractivity contribution in [2.75, 3.05) is 6.61 Å². The van der Waals surface area contributed by atoms with Crippen LogP contribution in [0.5, 0.6) is 11.5 Å². The Bertz CT molecular complexity index is 299. The van der Waals surface area contributed by atoms with Crippen molar-refractivity contribution in [3.05, 3.63) is 23.8 Å². The molecule has 0 amide bonds. The lowest BCUT2D eigenvalue weighted by Gasteiger charge is -2.23. The number of aromatic hydroxyl groups is 1. The minimum atomic E-state index is -0.0880. The van der Waals surface area contributed by atoms with Gasteiger partial charge in [-0.1, -0.05) is 6.07 Å². The van der Waals surface area contributed by atoms with Crippen molar-refractivity contribution in [2.45, 2.75) is 12.5 Å². The molecule has 0 saturated heterocycles. The van der Waals surface area contributed by atoms with E-state index in [1.807, 2.05) is 6.07 Å². The van der Waals surface area contributed by atoms with Crippen LogP contribution < -0.4 is 10.5 Å². The molecular weight excluding hydrogens is 154 g/mol. The summed E-state index contributed by atoms with van der Waals surface area (Å²) in [4.78, 5) is 0. The monoisotopic (exact) mass is 165 g/mol. The maximum absolute atomic E-state index is 9.47. The van der Waals surface area contributed by atoms with E-state index >= 15 is 0 Å². The standard InChI is InChI=1S/C9H11NO2/c10-6-4-5-12-8-3-1-2-7(11)9(6)8/h1-3,6,11H,4-5,10H2. The minimum Gasteiger partial charge on any atom is -0.507 e. The molecule has 1 aromatic rings. The molecule has 0 radical (unpaired) electrons. The molecular formula is C9H11NO2. The molecule has 1 aliphatic heterocycles. The number of ether oxygens (including phenoxy) is 1. The Morgan fingerprint density at radius 1 is 1.50 bits per heavy atom. The van der Waals surface area contributed by atoms with Crippen LogP contribution in [0.2, 0.25) is 0 Å². The average Bonchev–Trinajstić information content (AvgIpc) is 2.04. The molecule has 0 saturated carbocycles. The van der Waals surface area contributed by atoms with E-state index in [2.05, 4.69) is 0 Å². The van der Waals surface area contributed by atoms with Crippen LogP contribution in [0.4, 0.5) is 0 Å². The summed E-state index contributed by atoms with van der Waals surface area (Å²) in [6.07, 6.45) is 0.768. The van der Waals surface area contributed by atoms with Gasteiger partial charge in [-0.3, -0.25) is 0 Å². The zero-order chi connectivity index (χ0) is 8.55. The van der Waals surface area contributed by atoms with Crippen LogP contribution in [-0.4, -0.2) is 11.7 Å². The predicted molar refractivity (Wildman–Crippen MR) is 45.1 cm³/mol. The molecule has 0 bridgehead atoms. The van der Waals surface area contributed by atoms with Gasteiger partial charge in [-0.25, -0.2) is 0 Å². The van der Waals surface area contributed by atoms with Crippen molar-refractivity contribution in [2.24, 2.45) is 5.73 Å². The van der Waals surface area contributed by atoms with Gasteiger partial charge in [-0.2, -0.15) is 0 Å². The topological polar surface area (TPSA) is 55.5 Å². The Hall–Kier alpha value is -1.22. The fourth-order valence-corrected chi connectivity index (χ4v) is 1.47. The van der Waals surface area contributed by atoms with Crippen LogP contribution in [-0.2, 0) is 0 Å². The van der Waals surface area contributed by atoms with Gasteiger partial charge in [0.2, 0.25) is 0 Å². The number of phenolic OH excluding ortho intramolecular Hbond substituents is 1. The molecule has 3 N–H and O–H groups in total. The number of nitrogens with two attached hydrogens (primary N) is 1. The molecule has 64 valence electrons. The largest absolute Gasteiger partial charge is 0.507 e. The molecule has 12 heavy (non-hydrogen) atoms.